The van der Waals surface area contributed by atoms with E-state index in [1.165, 1.54) is 35.5 Å². The van der Waals surface area contributed by atoms with Gasteiger partial charge in [-0.3, -0.25) is 20.0 Å². The van der Waals surface area contributed by atoms with Crippen LogP contribution in [0.15, 0.2) is 67.0 Å². The molecule has 1 aliphatic rings. The second-order valence-corrected chi connectivity index (χ2v) is 11.9. The molecule has 5 rings (SSSR count). The van der Waals surface area contributed by atoms with Crippen molar-refractivity contribution in [3.8, 4) is 23.1 Å². The molecule has 2 aromatic carbocycles. The van der Waals surface area contributed by atoms with Gasteiger partial charge in [0.05, 0.1) is 22.3 Å². The molecule has 1 unspecified atom stereocenters. The maximum Gasteiger partial charge on any atom is 0.426 e. The SMILES string of the molecule is CC(C)(C)OC(=O)NNC(=O)c1cc(-c2ccc(C#Cc3ccc(C(=O)N4CCCCC4C(=O)O)cc3)c(F)c2)nc2ccncc12. The van der Waals surface area contributed by atoms with Gasteiger partial charge in [0.1, 0.15) is 17.5 Å². The number of carbonyl (C=O) groups is 4. The van der Waals surface area contributed by atoms with E-state index >= 15 is 4.39 Å². The zero-order chi connectivity index (χ0) is 33.7. The summed E-state index contributed by atoms with van der Waals surface area (Å²) in [6.45, 7) is 5.46. The van der Waals surface area contributed by atoms with Gasteiger partial charge in [0, 0.05) is 41.0 Å². The molecule has 240 valence electrons. The van der Waals surface area contributed by atoms with Gasteiger partial charge in [-0.15, -0.1) is 0 Å². The molecule has 1 fully saturated rings. The summed E-state index contributed by atoms with van der Waals surface area (Å²) in [6, 6.07) is 13.1. The van der Waals surface area contributed by atoms with Gasteiger partial charge in [-0.2, -0.15) is 0 Å². The van der Waals surface area contributed by atoms with Crippen LogP contribution in [0.1, 0.15) is 71.9 Å². The first-order chi connectivity index (χ1) is 22.4. The van der Waals surface area contributed by atoms with Crippen LogP contribution in [-0.4, -0.2) is 62.0 Å². The van der Waals surface area contributed by atoms with Gasteiger partial charge in [-0.1, -0.05) is 17.9 Å². The van der Waals surface area contributed by atoms with E-state index in [2.05, 4.69) is 32.7 Å². The van der Waals surface area contributed by atoms with Crippen LogP contribution in [0.4, 0.5) is 9.18 Å². The lowest BCUT2D eigenvalue weighted by Crippen LogP contribution is -2.47. The number of hydrogen-bond acceptors (Lipinski definition) is 7. The van der Waals surface area contributed by atoms with E-state index in [4.69, 9.17) is 4.74 Å². The molecule has 12 heteroatoms. The number of aromatic nitrogens is 2. The first kappa shape index (κ1) is 32.6. The van der Waals surface area contributed by atoms with Gasteiger partial charge in [0.25, 0.3) is 11.8 Å². The standard InChI is InChI=1S/C35H32FN5O6/c1-35(2,3)47-34(46)40-39-31(42)25-19-29(38-28-15-16-37-20-26(25)28)24-14-13-22(27(36)18-24)10-7-21-8-11-23(12-9-21)32(43)41-17-5-4-6-30(41)33(44)45/h8-9,11-16,18-20,30H,4-6,17H2,1-3H3,(H,39,42)(H,40,46)(H,44,45). The molecule has 0 radical (unpaired) electrons. The van der Waals surface area contributed by atoms with Crippen LogP contribution in [0.2, 0.25) is 0 Å². The first-order valence-electron chi connectivity index (χ1n) is 14.9. The average Bonchev–Trinajstić information content (AvgIpc) is 3.05. The third-order valence-corrected chi connectivity index (χ3v) is 7.32. The number of nitrogens with one attached hydrogen (secondary N) is 2. The van der Waals surface area contributed by atoms with Crippen LogP contribution >= 0.6 is 0 Å². The number of likely N-dealkylation sites (tertiary alicyclic amines) is 1. The molecular weight excluding hydrogens is 605 g/mol. The largest absolute Gasteiger partial charge is 0.480 e. The smallest absolute Gasteiger partial charge is 0.426 e. The number of carboxylic acid groups (broad SMARTS) is 1. The Labute approximate surface area is 270 Å². The number of hydrazine groups is 1. The monoisotopic (exact) mass is 637 g/mol. The average molecular weight is 638 g/mol. The second-order valence-electron chi connectivity index (χ2n) is 11.9. The fraction of sp³-hybridized carbons (Fsp3) is 0.257. The number of pyridine rings is 2. The Bertz CT molecular complexity index is 1930. The molecule has 0 aliphatic carbocycles. The van der Waals surface area contributed by atoms with Crippen molar-refractivity contribution >= 4 is 34.8 Å². The number of amides is 3. The summed E-state index contributed by atoms with van der Waals surface area (Å²) in [5.74, 6) is 3.07. The summed E-state index contributed by atoms with van der Waals surface area (Å²) in [5, 5.41) is 9.92. The van der Waals surface area contributed by atoms with Gasteiger partial charge >= 0.3 is 12.1 Å². The highest BCUT2D eigenvalue weighted by molar-refractivity contribution is 6.07. The van der Waals surface area contributed by atoms with Crippen molar-refractivity contribution in [3.63, 3.8) is 0 Å². The molecule has 0 bridgehead atoms. The number of aliphatic carboxylic acids is 1. The molecule has 11 nitrogen and oxygen atoms in total. The summed E-state index contributed by atoms with van der Waals surface area (Å²) in [5.41, 5.74) is 6.08. The van der Waals surface area contributed by atoms with E-state index in [0.29, 0.717) is 46.3 Å². The lowest BCUT2D eigenvalue weighted by atomic mass is 10.0. The number of benzene rings is 2. The lowest BCUT2D eigenvalue weighted by Gasteiger charge is -2.33. The topological polar surface area (TPSA) is 151 Å². The molecule has 1 atom stereocenters. The Morgan fingerprint density at radius 2 is 1.77 bits per heavy atom. The zero-order valence-electron chi connectivity index (χ0n) is 26.0. The number of piperidine rings is 1. The number of carbonyl (C=O) groups excluding carboxylic acids is 3. The Morgan fingerprint density at radius 3 is 2.47 bits per heavy atom. The number of fused-ring (bicyclic) bond motifs is 1. The van der Waals surface area contributed by atoms with Crippen LogP contribution in [0.5, 0.6) is 0 Å². The number of hydrogen-bond donors (Lipinski definition) is 3. The molecule has 4 aromatic rings. The summed E-state index contributed by atoms with van der Waals surface area (Å²) < 4.78 is 20.4. The van der Waals surface area contributed by atoms with Crippen LogP contribution < -0.4 is 10.9 Å². The number of carboxylic acids is 1. The van der Waals surface area contributed by atoms with Crippen LogP contribution in [0.3, 0.4) is 0 Å². The van der Waals surface area contributed by atoms with Crippen molar-refractivity contribution in [2.75, 3.05) is 6.54 Å². The number of ether oxygens (including phenoxy) is 1. The van der Waals surface area contributed by atoms with Crippen molar-refractivity contribution in [1.29, 1.82) is 0 Å². The molecule has 1 aliphatic heterocycles. The Hall–Kier alpha value is -5.83. The fourth-order valence-corrected chi connectivity index (χ4v) is 5.09. The van der Waals surface area contributed by atoms with Crippen LogP contribution in [-0.2, 0) is 9.53 Å². The molecule has 1 saturated heterocycles. The van der Waals surface area contributed by atoms with E-state index in [0.717, 1.165) is 12.8 Å². The minimum atomic E-state index is -1.01. The maximum atomic E-state index is 15.3. The zero-order valence-corrected chi connectivity index (χ0v) is 26.0. The maximum absolute atomic E-state index is 15.3. The third-order valence-electron chi connectivity index (χ3n) is 7.32. The predicted molar refractivity (Wildman–Crippen MR) is 171 cm³/mol. The van der Waals surface area contributed by atoms with Crippen LogP contribution in [0, 0.1) is 17.7 Å². The van der Waals surface area contributed by atoms with Gasteiger partial charge < -0.3 is 14.7 Å². The Balaban J connectivity index is 1.33. The summed E-state index contributed by atoms with van der Waals surface area (Å²) in [4.78, 5) is 59.7. The minimum absolute atomic E-state index is 0.121. The first-order valence-corrected chi connectivity index (χ1v) is 14.9. The molecule has 3 N–H and O–H groups in total. The van der Waals surface area contributed by atoms with Crippen molar-refractivity contribution in [3.05, 3.63) is 95.1 Å². The molecule has 0 spiro atoms. The van der Waals surface area contributed by atoms with E-state index in [1.54, 1.807) is 57.2 Å². The minimum Gasteiger partial charge on any atom is -0.480 e. The summed E-state index contributed by atoms with van der Waals surface area (Å²) in [7, 11) is 0. The van der Waals surface area contributed by atoms with E-state index in [9.17, 15) is 24.3 Å². The Kier molecular flexibility index (Phi) is 9.46. The number of nitrogens with zero attached hydrogens (tertiary/aromatic N) is 3. The number of rotatable bonds is 4. The van der Waals surface area contributed by atoms with Crippen LogP contribution in [0.25, 0.3) is 22.2 Å². The van der Waals surface area contributed by atoms with E-state index < -0.39 is 35.4 Å². The third kappa shape index (κ3) is 7.88. The highest BCUT2D eigenvalue weighted by Crippen LogP contribution is 2.26. The van der Waals surface area contributed by atoms with Gasteiger partial charge in [-0.05, 0) is 88.6 Å². The Morgan fingerprint density at radius 1 is 1.00 bits per heavy atom. The predicted octanol–water partition coefficient (Wildman–Crippen LogP) is 5.08. The van der Waals surface area contributed by atoms with Gasteiger partial charge in [-0.25, -0.2) is 24.4 Å². The normalized spacial score (nSPS) is 14.5. The van der Waals surface area contributed by atoms with E-state index in [-0.39, 0.29) is 17.0 Å². The fourth-order valence-electron chi connectivity index (χ4n) is 5.09. The second kappa shape index (κ2) is 13.7. The highest BCUT2D eigenvalue weighted by Gasteiger charge is 2.32. The molecule has 0 saturated carbocycles. The van der Waals surface area contributed by atoms with Crippen molar-refractivity contribution in [1.82, 2.24) is 25.7 Å². The molecule has 47 heavy (non-hydrogen) atoms. The van der Waals surface area contributed by atoms with Gasteiger partial charge in [0.2, 0.25) is 0 Å². The van der Waals surface area contributed by atoms with E-state index in [1.807, 2.05) is 0 Å². The number of halogens is 1. The van der Waals surface area contributed by atoms with Crippen molar-refractivity contribution in [2.45, 2.75) is 51.7 Å². The molecular formula is C35H32FN5O6. The lowest BCUT2D eigenvalue weighted by molar-refractivity contribution is -0.143. The quantitative estimate of drug-likeness (QED) is 0.207. The van der Waals surface area contributed by atoms with Gasteiger partial charge in [0.15, 0.2) is 0 Å². The molecule has 2 aromatic heterocycles. The molecule has 3 heterocycles. The highest BCUT2D eigenvalue weighted by atomic mass is 19.1. The van der Waals surface area contributed by atoms with Crippen molar-refractivity contribution in [2.24, 2.45) is 0 Å². The summed E-state index contributed by atoms with van der Waals surface area (Å²) in [6.07, 6.45) is 4.08. The summed E-state index contributed by atoms with van der Waals surface area (Å²) >= 11 is 0. The van der Waals surface area contributed by atoms with Crippen molar-refractivity contribution < 1.29 is 33.4 Å². The molecule has 3 amide bonds.